The van der Waals surface area contributed by atoms with Gasteiger partial charge in [-0.25, -0.2) is 4.79 Å². The Balaban J connectivity index is 2.62. The van der Waals surface area contributed by atoms with Gasteiger partial charge in [-0.15, -0.1) is 0 Å². The third-order valence-electron chi connectivity index (χ3n) is 4.16. The van der Waals surface area contributed by atoms with Crippen LogP contribution in [-0.4, -0.2) is 52.4 Å². The Morgan fingerprint density at radius 3 is 2.35 bits per heavy atom. The van der Waals surface area contributed by atoms with Gasteiger partial charge >= 0.3 is 6.09 Å². The van der Waals surface area contributed by atoms with Gasteiger partial charge in [0.15, 0.2) is 0 Å². The number of hydrogen-bond donors (Lipinski definition) is 1. The van der Waals surface area contributed by atoms with Crippen molar-refractivity contribution in [3.05, 3.63) is 35.9 Å². The van der Waals surface area contributed by atoms with Crippen LogP contribution in [0.4, 0.5) is 4.79 Å². The normalized spacial score (nSPS) is 13.3. The van der Waals surface area contributed by atoms with Gasteiger partial charge in [0, 0.05) is 23.3 Å². The van der Waals surface area contributed by atoms with Crippen LogP contribution in [0.1, 0.15) is 53.5 Å². The summed E-state index contributed by atoms with van der Waals surface area (Å²) in [5, 5.41) is 9.25. The van der Waals surface area contributed by atoms with E-state index in [4.69, 9.17) is 4.74 Å². The molecule has 4 nitrogen and oxygen atoms in total. The van der Waals surface area contributed by atoms with Crippen LogP contribution in [0.5, 0.6) is 0 Å². The Morgan fingerprint density at radius 1 is 1.19 bits per heavy atom. The predicted octanol–water partition coefficient (Wildman–Crippen LogP) is 4.71. The molecular weight excluding hydrogens is 346 g/mol. The number of carbonyl (C=O) groups excluding carboxylic acids is 1. The number of thioether (sulfide) groups is 1. The zero-order chi connectivity index (χ0) is 19.8. The molecule has 0 aliphatic rings. The first-order valence-corrected chi connectivity index (χ1v) is 10.5. The minimum Gasteiger partial charge on any atom is -0.449 e. The lowest BCUT2D eigenvalue weighted by Crippen LogP contribution is -2.51. The van der Waals surface area contributed by atoms with E-state index >= 15 is 0 Å². The molecular formula is C21H35NO3S. The van der Waals surface area contributed by atoms with E-state index in [9.17, 15) is 9.90 Å². The minimum absolute atomic E-state index is 0.166. The van der Waals surface area contributed by atoms with Gasteiger partial charge in [0.1, 0.15) is 0 Å². The number of rotatable bonds is 9. The van der Waals surface area contributed by atoms with Gasteiger partial charge in [0.05, 0.1) is 12.7 Å². The smallest absolute Gasteiger partial charge is 0.410 e. The maximum absolute atomic E-state index is 12.7. The second-order valence-corrected chi connectivity index (χ2v) is 9.55. The summed E-state index contributed by atoms with van der Waals surface area (Å²) in [6.07, 6.45) is 0.240. The van der Waals surface area contributed by atoms with Gasteiger partial charge < -0.3 is 14.7 Å². The number of nitrogens with zero attached hydrogens (tertiary/aromatic N) is 1. The molecule has 0 saturated carbocycles. The van der Waals surface area contributed by atoms with Crippen molar-refractivity contribution >= 4 is 17.9 Å². The molecule has 26 heavy (non-hydrogen) atoms. The third-order valence-corrected chi connectivity index (χ3v) is 5.45. The second-order valence-electron chi connectivity index (χ2n) is 8.40. The molecule has 0 fully saturated rings. The molecule has 1 aromatic carbocycles. The van der Waals surface area contributed by atoms with Crippen molar-refractivity contribution in [1.29, 1.82) is 0 Å². The number of ether oxygens (including phenoxy) is 1. The van der Waals surface area contributed by atoms with E-state index < -0.39 is 0 Å². The van der Waals surface area contributed by atoms with E-state index in [1.165, 1.54) is 5.56 Å². The van der Waals surface area contributed by atoms with Crippen LogP contribution < -0.4 is 0 Å². The summed E-state index contributed by atoms with van der Waals surface area (Å²) in [6, 6.07) is 10.3. The molecule has 0 aliphatic carbocycles. The summed E-state index contributed by atoms with van der Waals surface area (Å²) in [4.78, 5) is 14.5. The Morgan fingerprint density at radius 2 is 1.81 bits per heavy atom. The highest BCUT2D eigenvalue weighted by Gasteiger charge is 2.34. The predicted molar refractivity (Wildman–Crippen MR) is 111 cm³/mol. The summed E-state index contributed by atoms with van der Waals surface area (Å²) in [5.41, 5.74) is 0.724. The third kappa shape index (κ3) is 8.00. The maximum atomic E-state index is 12.7. The fourth-order valence-corrected chi connectivity index (χ4v) is 3.43. The number of aliphatic hydroxyl groups excluding tert-OH is 1. The maximum Gasteiger partial charge on any atom is 0.410 e. The largest absolute Gasteiger partial charge is 0.449 e. The molecule has 1 rings (SSSR count). The number of amides is 1. The van der Waals surface area contributed by atoms with Crippen molar-refractivity contribution in [3.8, 4) is 0 Å². The van der Waals surface area contributed by atoms with Gasteiger partial charge in [-0.1, -0.05) is 44.2 Å². The average Bonchev–Trinajstić information content (AvgIpc) is 2.55. The Bertz CT molecular complexity index is 538. The molecule has 1 amide bonds. The van der Waals surface area contributed by atoms with E-state index in [0.29, 0.717) is 18.9 Å². The molecule has 1 atom stereocenters. The van der Waals surface area contributed by atoms with E-state index in [2.05, 4.69) is 26.0 Å². The van der Waals surface area contributed by atoms with Gasteiger partial charge in [0.25, 0.3) is 0 Å². The zero-order valence-electron chi connectivity index (χ0n) is 17.1. The summed E-state index contributed by atoms with van der Waals surface area (Å²) < 4.78 is 5.53. The van der Waals surface area contributed by atoms with Crippen molar-refractivity contribution < 1.29 is 14.6 Å². The van der Waals surface area contributed by atoms with E-state index in [0.717, 1.165) is 12.2 Å². The molecule has 5 heteroatoms. The van der Waals surface area contributed by atoms with Crippen LogP contribution in [0, 0.1) is 0 Å². The topological polar surface area (TPSA) is 49.8 Å². The monoisotopic (exact) mass is 381 g/mol. The fourth-order valence-electron chi connectivity index (χ4n) is 2.60. The Labute approximate surface area is 163 Å². The Kier molecular flexibility index (Phi) is 8.97. The highest BCUT2D eigenvalue weighted by atomic mass is 32.2. The van der Waals surface area contributed by atoms with Gasteiger partial charge in [-0.3, -0.25) is 0 Å². The average molecular weight is 382 g/mol. The molecule has 1 aromatic rings. The van der Waals surface area contributed by atoms with Crippen molar-refractivity contribution in [3.63, 3.8) is 0 Å². The van der Waals surface area contributed by atoms with Crippen molar-refractivity contribution in [2.75, 3.05) is 24.7 Å². The first-order valence-electron chi connectivity index (χ1n) is 9.30. The minimum atomic E-state index is -0.315. The summed E-state index contributed by atoms with van der Waals surface area (Å²) in [7, 11) is 0. The van der Waals surface area contributed by atoms with Crippen LogP contribution in [0.2, 0.25) is 0 Å². The van der Waals surface area contributed by atoms with Crippen LogP contribution in [0.15, 0.2) is 30.3 Å². The molecule has 1 N–H and O–H groups in total. The first-order chi connectivity index (χ1) is 12.0. The molecule has 0 spiro atoms. The summed E-state index contributed by atoms with van der Waals surface area (Å²) in [5.74, 6) is 1.59. The highest BCUT2D eigenvalue weighted by molar-refractivity contribution is 7.99. The quantitative estimate of drug-likeness (QED) is 0.630. The highest BCUT2D eigenvalue weighted by Crippen LogP contribution is 2.28. The van der Waals surface area contributed by atoms with Crippen LogP contribution in [0.3, 0.4) is 0 Å². The fraction of sp³-hybridized carbons (Fsp3) is 0.667. The molecule has 0 saturated heterocycles. The second kappa shape index (κ2) is 10.2. The summed E-state index contributed by atoms with van der Waals surface area (Å²) in [6.45, 7) is 13.2. The van der Waals surface area contributed by atoms with E-state index in [1.807, 2.05) is 43.9 Å². The van der Waals surface area contributed by atoms with Crippen LogP contribution in [-0.2, 0) is 10.2 Å². The molecule has 0 radical (unpaired) electrons. The van der Waals surface area contributed by atoms with Gasteiger partial charge in [0.2, 0.25) is 0 Å². The first kappa shape index (κ1) is 22.8. The number of benzene rings is 1. The lowest BCUT2D eigenvalue weighted by Gasteiger charge is -2.40. The molecule has 0 aromatic heterocycles. The molecule has 0 aliphatic heterocycles. The number of aliphatic hydroxyl groups is 1. The molecule has 148 valence electrons. The molecule has 0 heterocycles. The van der Waals surface area contributed by atoms with Gasteiger partial charge in [-0.05, 0) is 45.4 Å². The standard InChI is InChI=1S/C21H35NO3S/c1-17(23)15-26-14-10-13-25-19(24)22(20(2,3)4)16-21(5,6)18-11-8-7-9-12-18/h7-9,11-12,17,23H,10,13-16H2,1-6H3. The lowest BCUT2D eigenvalue weighted by atomic mass is 9.83. The van der Waals surface area contributed by atoms with E-state index in [1.54, 1.807) is 18.7 Å². The molecule has 1 unspecified atom stereocenters. The number of carbonyl (C=O) groups is 1. The van der Waals surface area contributed by atoms with Crippen molar-refractivity contribution in [2.24, 2.45) is 0 Å². The lowest BCUT2D eigenvalue weighted by molar-refractivity contribution is 0.0578. The van der Waals surface area contributed by atoms with Crippen molar-refractivity contribution in [1.82, 2.24) is 4.90 Å². The summed E-state index contributed by atoms with van der Waals surface area (Å²) >= 11 is 1.68. The van der Waals surface area contributed by atoms with Gasteiger partial charge in [-0.2, -0.15) is 11.8 Å². The Hall–Kier alpha value is -1.20. The zero-order valence-corrected chi connectivity index (χ0v) is 17.9. The number of hydrogen-bond acceptors (Lipinski definition) is 4. The van der Waals surface area contributed by atoms with Crippen LogP contribution >= 0.6 is 11.8 Å². The molecule has 0 bridgehead atoms. The van der Waals surface area contributed by atoms with E-state index in [-0.39, 0.29) is 23.2 Å². The SMILES string of the molecule is CC(O)CSCCCOC(=O)N(CC(C)(C)c1ccccc1)C(C)(C)C. The van der Waals surface area contributed by atoms with Crippen LogP contribution in [0.25, 0.3) is 0 Å². The van der Waals surface area contributed by atoms with Crippen molar-refractivity contribution in [2.45, 2.75) is 65.0 Å².